The SMILES string of the molecule is Cc1nccn1Cc1cccc(C#CCN)c1. The van der Waals surface area contributed by atoms with E-state index in [4.69, 9.17) is 5.73 Å². The van der Waals surface area contributed by atoms with E-state index in [0.717, 1.165) is 17.9 Å². The summed E-state index contributed by atoms with van der Waals surface area (Å²) >= 11 is 0. The normalized spacial score (nSPS) is 9.76. The van der Waals surface area contributed by atoms with E-state index in [1.165, 1.54) is 5.56 Å². The van der Waals surface area contributed by atoms with Gasteiger partial charge in [-0.3, -0.25) is 0 Å². The Morgan fingerprint density at radius 1 is 1.41 bits per heavy atom. The molecule has 0 spiro atoms. The summed E-state index contributed by atoms with van der Waals surface area (Å²) in [7, 11) is 0. The first-order valence-corrected chi connectivity index (χ1v) is 5.55. The second-order valence-electron chi connectivity index (χ2n) is 3.81. The summed E-state index contributed by atoms with van der Waals surface area (Å²) in [6, 6.07) is 8.18. The quantitative estimate of drug-likeness (QED) is 0.788. The fourth-order valence-corrected chi connectivity index (χ4v) is 1.67. The molecule has 0 saturated carbocycles. The summed E-state index contributed by atoms with van der Waals surface area (Å²) in [5.74, 6) is 6.92. The number of nitrogens with zero attached hydrogens (tertiary/aromatic N) is 2. The first-order valence-electron chi connectivity index (χ1n) is 5.55. The second-order valence-corrected chi connectivity index (χ2v) is 3.81. The number of hydrogen-bond acceptors (Lipinski definition) is 2. The first-order chi connectivity index (χ1) is 8.29. The van der Waals surface area contributed by atoms with Gasteiger partial charge in [0.25, 0.3) is 0 Å². The monoisotopic (exact) mass is 225 g/mol. The number of aromatic nitrogens is 2. The standard InChI is InChI=1S/C14H15N3/c1-12-16-8-9-17(12)11-14-5-2-4-13(10-14)6-3-7-15/h2,4-5,8-10H,7,11,15H2,1H3. The number of imidazole rings is 1. The summed E-state index contributed by atoms with van der Waals surface area (Å²) in [6.45, 7) is 3.22. The predicted octanol–water partition coefficient (Wildman–Crippen LogP) is 1.55. The lowest BCUT2D eigenvalue weighted by Crippen LogP contribution is -2.00. The topological polar surface area (TPSA) is 43.8 Å². The molecule has 0 amide bonds. The van der Waals surface area contributed by atoms with Crippen molar-refractivity contribution < 1.29 is 0 Å². The Labute approximate surface area is 101 Å². The van der Waals surface area contributed by atoms with Crippen molar-refractivity contribution >= 4 is 0 Å². The van der Waals surface area contributed by atoms with E-state index in [-0.39, 0.29) is 0 Å². The van der Waals surface area contributed by atoms with Crippen molar-refractivity contribution in [2.24, 2.45) is 5.73 Å². The lowest BCUT2D eigenvalue weighted by molar-refractivity contribution is 0.761. The van der Waals surface area contributed by atoms with E-state index in [2.05, 4.69) is 33.5 Å². The number of rotatable bonds is 2. The Balaban J connectivity index is 2.19. The van der Waals surface area contributed by atoms with Gasteiger partial charge in [-0.15, -0.1) is 0 Å². The van der Waals surface area contributed by atoms with E-state index >= 15 is 0 Å². The van der Waals surface area contributed by atoms with Crippen LogP contribution in [0.4, 0.5) is 0 Å². The molecule has 0 saturated heterocycles. The van der Waals surface area contributed by atoms with Gasteiger partial charge >= 0.3 is 0 Å². The van der Waals surface area contributed by atoms with Crippen molar-refractivity contribution in [3.05, 3.63) is 53.6 Å². The highest BCUT2D eigenvalue weighted by Gasteiger charge is 1.99. The molecule has 86 valence electrons. The molecule has 1 heterocycles. The Bertz CT molecular complexity index is 558. The molecule has 3 heteroatoms. The average molecular weight is 225 g/mol. The lowest BCUT2D eigenvalue weighted by atomic mass is 10.1. The van der Waals surface area contributed by atoms with Gasteiger partial charge in [0.2, 0.25) is 0 Å². The fourth-order valence-electron chi connectivity index (χ4n) is 1.67. The minimum absolute atomic E-state index is 0.394. The minimum atomic E-state index is 0.394. The predicted molar refractivity (Wildman–Crippen MR) is 68.4 cm³/mol. The van der Waals surface area contributed by atoms with Crippen LogP contribution >= 0.6 is 0 Å². The van der Waals surface area contributed by atoms with E-state index < -0.39 is 0 Å². The summed E-state index contributed by atoms with van der Waals surface area (Å²) in [5, 5.41) is 0. The Kier molecular flexibility index (Phi) is 3.59. The van der Waals surface area contributed by atoms with E-state index in [1.807, 2.05) is 31.5 Å². The fraction of sp³-hybridized carbons (Fsp3) is 0.214. The number of hydrogen-bond donors (Lipinski definition) is 1. The Morgan fingerprint density at radius 2 is 2.29 bits per heavy atom. The summed E-state index contributed by atoms with van der Waals surface area (Å²) in [6.07, 6.45) is 3.79. The van der Waals surface area contributed by atoms with Crippen LogP contribution < -0.4 is 5.73 Å². The first kappa shape index (κ1) is 11.4. The summed E-state index contributed by atoms with van der Waals surface area (Å²) in [5.41, 5.74) is 7.58. The molecular formula is C14H15N3. The van der Waals surface area contributed by atoms with Crippen LogP contribution in [-0.4, -0.2) is 16.1 Å². The van der Waals surface area contributed by atoms with Gasteiger partial charge in [-0.1, -0.05) is 24.0 Å². The molecule has 0 unspecified atom stereocenters. The van der Waals surface area contributed by atoms with Gasteiger partial charge in [0.1, 0.15) is 5.82 Å². The average Bonchev–Trinajstić information content (AvgIpc) is 2.73. The molecule has 0 fully saturated rings. The zero-order chi connectivity index (χ0) is 12.1. The van der Waals surface area contributed by atoms with Crippen LogP contribution in [-0.2, 0) is 6.54 Å². The van der Waals surface area contributed by atoms with Crippen molar-refractivity contribution in [3.63, 3.8) is 0 Å². The van der Waals surface area contributed by atoms with Gasteiger partial charge in [-0.25, -0.2) is 4.98 Å². The van der Waals surface area contributed by atoms with Crippen LogP contribution in [0.1, 0.15) is 17.0 Å². The van der Waals surface area contributed by atoms with Crippen molar-refractivity contribution in [1.82, 2.24) is 9.55 Å². The second kappa shape index (κ2) is 5.33. The largest absolute Gasteiger partial charge is 0.331 e. The molecule has 0 aliphatic heterocycles. The van der Waals surface area contributed by atoms with Gasteiger partial charge in [0.05, 0.1) is 6.54 Å². The Hall–Kier alpha value is -2.05. The summed E-state index contributed by atoms with van der Waals surface area (Å²) in [4.78, 5) is 4.20. The third-order valence-electron chi connectivity index (χ3n) is 2.54. The molecular weight excluding hydrogens is 210 g/mol. The number of nitrogens with two attached hydrogens (primary N) is 1. The van der Waals surface area contributed by atoms with Crippen molar-refractivity contribution in [2.75, 3.05) is 6.54 Å². The Morgan fingerprint density at radius 3 is 3.00 bits per heavy atom. The summed E-state index contributed by atoms with van der Waals surface area (Å²) < 4.78 is 2.11. The van der Waals surface area contributed by atoms with Gasteiger partial charge in [0.15, 0.2) is 0 Å². The third-order valence-corrected chi connectivity index (χ3v) is 2.54. The smallest absolute Gasteiger partial charge is 0.105 e. The molecule has 2 rings (SSSR count). The van der Waals surface area contributed by atoms with Crippen LogP contribution in [0, 0.1) is 18.8 Å². The van der Waals surface area contributed by atoms with E-state index in [0.29, 0.717) is 6.54 Å². The van der Waals surface area contributed by atoms with Crippen LogP contribution in [0.2, 0.25) is 0 Å². The molecule has 3 nitrogen and oxygen atoms in total. The molecule has 0 bridgehead atoms. The van der Waals surface area contributed by atoms with Crippen LogP contribution in [0.3, 0.4) is 0 Å². The maximum atomic E-state index is 5.36. The molecule has 0 atom stereocenters. The van der Waals surface area contributed by atoms with Gasteiger partial charge in [-0.05, 0) is 24.6 Å². The highest BCUT2D eigenvalue weighted by Crippen LogP contribution is 2.07. The van der Waals surface area contributed by atoms with Gasteiger partial charge < -0.3 is 10.3 Å². The maximum absolute atomic E-state index is 5.36. The zero-order valence-corrected chi connectivity index (χ0v) is 9.85. The van der Waals surface area contributed by atoms with Crippen LogP contribution in [0.5, 0.6) is 0 Å². The van der Waals surface area contributed by atoms with Crippen LogP contribution in [0.25, 0.3) is 0 Å². The maximum Gasteiger partial charge on any atom is 0.105 e. The van der Waals surface area contributed by atoms with Gasteiger partial charge in [-0.2, -0.15) is 0 Å². The lowest BCUT2D eigenvalue weighted by Gasteiger charge is -2.05. The van der Waals surface area contributed by atoms with Gasteiger partial charge in [0, 0.05) is 24.5 Å². The highest BCUT2D eigenvalue weighted by atomic mass is 15.0. The number of aryl methyl sites for hydroxylation is 1. The number of benzene rings is 1. The molecule has 17 heavy (non-hydrogen) atoms. The minimum Gasteiger partial charge on any atom is -0.331 e. The third kappa shape index (κ3) is 2.96. The molecule has 2 N–H and O–H groups in total. The van der Waals surface area contributed by atoms with Crippen molar-refractivity contribution in [3.8, 4) is 11.8 Å². The van der Waals surface area contributed by atoms with Crippen molar-refractivity contribution in [2.45, 2.75) is 13.5 Å². The molecule has 1 aromatic heterocycles. The van der Waals surface area contributed by atoms with Crippen LogP contribution in [0.15, 0.2) is 36.7 Å². The highest BCUT2D eigenvalue weighted by molar-refractivity contribution is 5.37. The molecule has 0 aliphatic carbocycles. The zero-order valence-electron chi connectivity index (χ0n) is 9.85. The molecule has 0 aliphatic rings. The van der Waals surface area contributed by atoms with Crippen molar-refractivity contribution in [1.29, 1.82) is 0 Å². The van der Waals surface area contributed by atoms with E-state index in [1.54, 1.807) is 0 Å². The van der Waals surface area contributed by atoms with E-state index in [9.17, 15) is 0 Å². The molecule has 2 aromatic rings. The molecule has 0 radical (unpaired) electrons. The molecule has 1 aromatic carbocycles.